The van der Waals surface area contributed by atoms with Gasteiger partial charge in [-0.15, -0.1) is 0 Å². The van der Waals surface area contributed by atoms with Crippen molar-refractivity contribution in [3.63, 3.8) is 0 Å². The molecule has 0 unspecified atom stereocenters. The lowest BCUT2D eigenvalue weighted by Gasteiger charge is -2.02. The number of rotatable bonds is 5. The fourth-order valence-electron chi connectivity index (χ4n) is 1.70. The van der Waals surface area contributed by atoms with Crippen LogP contribution in [0.25, 0.3) is 10.2 Å². The number of esters is 1. The summed E-state index contributed by atoms with van der Waals surface area (Å²) in [5, 5.41) is 10.0. The molecule has 0 aliphatic rings. The highest BCUT2D eigenvalue weighted by atomic mass is 32.1. The number of fused-ring (bicyclic) bond motifs is 1. The van der Waals surface area contributed by atoms with Crippen molar-refractivity contribution < 1.29 is 19.4 Å². The van der Waals surface area contributed by atoms with Gasteiger partial charge in [0.05, 0.1) is 23.9 Å². The van der Waals surface area contributed by atoms with E-state index in [2.05, 4.69) is 9.98 Å². The Labute approximate surface area is 131 Å². The first-order valence-electron chi connectivity index (χ1n) is 6.60. The number of allylic oxidation sites excluding steroid dienone is 1. The highest BCUT2D eigenvalue weighted by Gasteiger charge is 2.12. The molecule has 2 aromatic rings. The zero-order valence-electron chi connectivity index (χ0n) is 12.5. The fourth-order valence-corrected chi connectivity index (χ4v) is 2.54. The molecule has 2 rings (SSSR count). The SMILES string of the molecule is CCOC(=O)C(/C=N/c1nc2ccc(OC)cc2s1)=C(\C)O. The third-order valence-corrected chi connectivity index (χ3v) is 3.70. The Kier molecular flexibility index (Phi) is 5.11. The Balaban J connectivity index is 2.28. The van der Waals surface area contributed by atoms with Gasteiger partial charge < -0.3 is 14.6 Å². The number of thiazole rings is 1. The fraction of sp³-hybridized carbons (Fsp3) is 0.267. The van der Waals surface area contributed by atoms with Crippen molar-refractivity contribution in [1.29, 1.82) is 0 Å². The molecule has 0 aliphatic heterocycles. The number of hydrogen-bond acceptors (Lipinski definition) is 7. The zero-order valence-corrected chi connectivity index (χ0v) is 13.3. The van der Waals surface area contributed by atoms with Crippen LogP contribution in [0.3, 0.4) is 0 Å². The van der Waals surface area contributed by atoms with Crippen molar-refractivity contribution in [2.75, 3.05) is 13.7 Å². The zero-order chi connectivity index (χ0) is 16.1. The lowest BCUT2D eigenvalue weighted by Crippen LogP contribution is -2.10. The van der Waals surface area contributed by atoms with E-state index in [-0.39, 0.29) is 17.9 Å². The van der Waals surface area contributed by atoms with Crippen LogP contribution < -0.4 is 4.74 Å². The van der Waals surface area contributed by atoms with Gasteiger partial charge in [-0.05, 0) is 32.0 Å². The smallest absolute Gasteiger partial charge is 0.343 e. The second-order valence-corrected chi connectivity index (χ2v) is 5.32. The maximum Gasteiger partial charge on any atom is 0.343 e. The summed E-state index contributed by atoms with van der Waals surface area (Å²) < 4.78 is 10.9. The summed E-state index contributed by atoms with van der Waals surface area (Å²) >= 11 is 1.36. The number of nitrogens with zero attached hydrogens (tertiary/aromatic N) is 2. The van der Waals surface area contributed by atoms with Crippen LogP contribution in [0.4, 0.5) is 5.13 Å². The molecule has 0 aliphatic carbocycles. The molecule has 1 N–H and O–H groups in total. The van der Waals surface area contributed by atoms with Gasteiger partial charge in [-0.2, -0.15) is 0 Å². The Bertz CT molecular complexity index is 745. The number of aliphatic hydroxyl groups excluding tert-OH is 1. The van der Waals surface area contributed by atoms with E-state index in [4.69, 9.17) is 9.47 Å². The van der Waals surface area contributed by atoms with Gasteiger partial charge in [-0.3, -0.25) is 0 Å². The molecule has 0 bridgehead atoms. The average molecular weight is 320 g/mol. The molecule has 1 heterocycles. The number of ether oxygens (including phenoxy) is 2. The quantitative estimate of drug-likeness (QED) is 0.395. The monoisotopic (exact) mass is 320 g/mol. The molecule has 1 aromatic heterocycles. The molecule has 0 saturated heterocycles. The van der Waals surface area contributed by atoms with E-state index < -0.39 is 5.97 Å². The largest absolute Gasteiger partial charge is 0.512 e. The average Bonchev–Trinajstić information content (AvgIpc) is 2.88. The van der Waals surface area contributed by atoms with Gasteiger partial charge in [0.15, 0.2) is 0 Å². The third kappa shape index (κ3) is 3.62. The second kappa shape index (κ2) is 7.04. The first kappa shape index (κ1) is 16.0. The molecular formula is C15H16N2O4S. The van der Waals surface area contributed by atoms with Crippen LogP contribution in [0, 0.1) is 0 Å². The highest BCUT2D eigenvalue weighted by Crippen LogP contribution is 2.30. The summed E-state index contributed by atoms with van der Waals surface area (Å²) in [5.74, 6) is -0.0241. The predicted octanol–water partition coefficient (Wildman–Crippen LogP) is 3.40. The molecule has 0 atom stereocenters. The summed E-state index contributed by atoms with van der Waals surface area (Å²) in [6.07, 6.45) is 1.27. The number of hydrogen-bond donors (Lipinski definition) is 1. The van der Waals surface area contributed by atoms with Gasteiger partial charge in [-0.1, -0.05) is 11.3 Å². The van der Waals surface area contributed by atoms with Crippen LogP contribution in [-0.2, 0) is 9.53 Å². The summed E-state index contributed by atoms with van der Waals surface area (Å²) in [6, 6.07) is 5.52. The topological polar surface area (TPSA) is 81.0 Å². The number of benzene rings is 1. The van der Waals surface area contributed by atoms with Crippen LogP contribution in [-0.4, -0.2) is 36.0 Å². The summed E-state index contributed by atoms with van der Waals surface area (Å²) in [4.78, 5) is 20.2. The first-order chi connectivity index (χ1) is 10.5. The molecule has 0 saturated carbocycles. The number of aromatic nitrogens is 1. The summed E-state index contributed by atoms with van der Waals surface area (Å²) in [7, 11) is 1.60. The van der Waals surface area contributed by atoms with E-state index in [0.29, 0.717) is 5.13 Å². The van der Waals surface area contributed by atoms with Crippen LogP contribution in [0.1, 0.15) is 13.8 Å². The van der Waals surface area contributed by atoms with Crippen molar-refractivity contribution in [2.45, 2.75) is 13.8 Å². The lowest BCUT2D eigenvalue weighted by molar-refractivity contribution is -0.138. The van der Waals surface area contributed by atoms with Gasteiger partial charge in [0, 0.05) is 6.21 Å². The third-order valence-electron chi connectivity index (χ3n) is 2.77. The molecule has 1 aromatic carbocycles. The van der Waals surface area contributed by atoms with Crippen LogP contribution in [0.15, 0.2) is 34.5 Å². The minimum atomic E-state index is -0.617. The van der Waals surface area contributed by atoms with E-state index in [1.807, 2.05) is 18.2 Å². The number of methoxy groups -OCH3 is 1. The van der Waals surface area contributed by atoms with Gasteiger partial charge in [0.2, 0.25) is 5.13 Å². The summed E-state index contributed by atoms with van der Waals surface area (Å²) in [5.41, 5.74) is 0.805. The number of carbonyl (C=O) groups excluding carboxylic acids is 1. The Morgan fingerprint density at radius 1 is 1.50 bits per heavy atom. The predicted molar refractivity (Wildman–Crippen MR) is 86.3 cm³/mol. The maximum absolute atomic E-state index is 11.7. The van der Waals surface area contributed by atoms with Crippen molar-refractivity contribution >= 4 is 38.9 Å². The summed E-state index contributed by atoms with van der Waals surface area (Å²) in [6.45, 7) is 3.33. The lowest BCUT2D eigenvalue weighted by atomic mass is 10.2. The Morgan fingerprint density at radius 2 is 2.27 bits per heavy atom. The van der Waals surface area contributed by atoms with Gasteiger partial charge in [-0.25, -0.2) is 14.8 Å². The van der Waals surface area contributed by atoms with E-state index in [9.17, 15) is 9.90 Å². The van der Waals surface area contributed by atoms with Crippen molar-refractivity contribution in [3.05, 3.63) is 29.5 Å². The van der Waals surface area contributed by atoms with Crippen molar-refractivity contribution in [3.8, 4) is 5.75 Å². The van der Waals surface area contributed by atoms with Crippen LogP contribution >= 0.6 is 11.3 Å². The Hall–Kier alpha value is -2.41. The number of aliphatic hydroxyl groups is 1. The van der Waals surface area contributed by atoms with E-state index in [1.165, 1.54) is 24.5 Å². The van der Waals surface area contributed by atoms with Gasteiger partial charge >= 0.3 is 5.97 Å². The molecule has 22 heavy (non-hydrogen) atoms. The standard InChI is InChI=1S/C15H16N2O4S/c1-4-21-14(19)11(9(2)18)8-16-15-17-12-6-5-10(20-3)7-13(12)22-15/h5-8,18H,4H2,1-3H3/b11-9+,16-8+. The number of carbonyl (C=O) groups is 1. The second-order valence-electron chi connectivity index (χ2n) is 4.31. The van der Waals surface area contributed by atoms with Crippen molar-refractivity contribution in [1.82, 2.24) is 4.98 Å². The normalized spacial score (nSPS) is 12.5. The van der Waals surface area contributed by atoms with Gasteiger partial charge in [0.1, 0.15) is 17.1 Å². The molecule has 7 heteroatoms. The molecule has 0 amide bonds. The molecule has 0 fully saturated rings. The van der Waals surface area contributed by atoms with Gasteiger partial charge in [0.25, 0.3) is 0 Å². The maximum atomic E-state index is 11.7. The van der Waals surface area contributed by atoms with E-state index in [1.54, 1.807) is 14.0 Å². The highest BCUT2D eigenvalue weighted by molar-refractivity contribution is 7.22. The molecule has 0 spiro atoms. The minimum absolute atomic E-state index is 0.0127. The van der Waals surface area contributed by atoms with E-state index in [0.717, 1.165) is 16.0 Å². The molecule has 0 radical (unpaired) electrons. The molecule has 116 valence electrons. The number of aliphatic imine (C=N–C) groups is 1. The Morgan fingerprint density at radius 3 is 2.91 bits per heavy atom. The minimum Gasteiger partial charge on any atom is -0.512 e. The molecule has 6 nitrogen and oxygen atoms in total. The van der Waals surface area contributed by atoms with Crippen molar-refractivity contribution in [2.24, 2.45) is 4.99 Å². The first-order valence-corrected chi connectivity index (χ1v) is 7.42. The molecular weight excluding hydrogens is 304 g/mol. The van der Waals surface area contributed by atoms with Crippen LogP contribution in [0.2, 0.25) is 0 Å². The van der Waals surface area contributed by atoms with Crippen LogP contribution in [0.5, 0.6) is 5.75 Å². The van der Waals surface area contributed by atoms with E-state index >= 15 is 0 Å².